The Morgan fingerprint density at radius 2 is 2.19 bits per heavy atom. The predicted octanol–water partition coefficient (Wildman–Crippen LogP) is 5.30. The largest absolute Gasteiger partial charge is 0.327 e. The van der Waals surface area contributed by atoms with Crippen LogP contribution in [-0.2, 0) is 13.0 Å². The lowest BCUT2D eigenvalue weighted by atomic mass is 10.0. The maximum Gasteiger partial charge on any atom is 0.139 e. The molecule has 0 saturated heterocycles. The molecular formula is C16H19BrClFN2. The molecule has 1 heterocycles. The van der Waals surface area contributed by atoms with Crippen molar-refractivity contribution < 1.29 is 4.39 Å². The van der Waals surface area contributed by atoms with Gasteiger partial charge in [0.25, 0.3) is 0 Å². The maximum absolute atomic E-state index is 13.9. The minimum atomic E-state index is -0.235. The van der Waals surface area contributed by atoms with E-state index in [1.807, 2.05) is 0 Å². The number of hydrogen-bond donors (Lipinski definition) is 0. The summed E-state index contributed by atoms with van der Waals surface area (Å²) in [7, 11) is 0. The van der Waals surface area contributed by atoms with Crippen LogP contribution >= 0.6 is 27.5 Å². The molecule has 1 aromatic heterocycles. The molecule has 0 atom stereocenters. The van der Waals surface area contributed by atoms with Gasteiger partial charge >= 0.3 is 0 Å². The average molecular weight is 374 g/mol. The zero-order valence-electron chi connectivity index (χ0n) is 12.1. The van der Waals surface area contributed by atoms with Crippen molar-refractivity contribution in [3.05, 3.63) is 28.2 Å². The third-order valence-corrected chi connectivity index (χ3v) is 5.22. The van der Waals surface area contributed by atoms with Gasteiger partial charge in [-0.25, -0.2) is 9.37 Å². The second-order valence-corrected chi connectivity index (χ2v) is 7.29. The Morgan fingerprint density at radius 1 is 1.43 bits per heavy atom. The molecule has 21 heavy (non-hydrogen) atoms. The van der Waals surface area contributed by atoms with E-state index in [0.717, 1.165) is 29.8 Å². The number of hydrogen-bond acceptors (Lipinski definition) is 1. The highest BCUT2D eigenvalue weighted by Gasteiger charge is 2.42. The third-order valence-electron chi connectivity index (χ3n) is 4.42. The second-order valence-electron chi connectivity index (χ2n) is 6.06. The van der Waals surface area contributed by atoms with Crippen molar-refractivity contribution in [3.8, 4) is 0 Å². The van der Waals surface area contributed by atoms with Gasteiger partial charge in [0.05, 0.1) is 15.5 Å². The van der Waals surface area contributed by atoms with Crippen LogP contribution in [0.2, 0.25) is 0 Å². The molecule has 1 aliphatic rings. The number of aromatic nitrogens is 2. The Labute approximate surface area is 137 Å². The molecule has 0 aliphatic heterocycles. The number of imidazole rings is 1. The van der Waals surface area contributed by atoms with Crippen LogP contribution in [0.25, 0.3) is 11.0 Å². The van der Waals surface area contributed by atoms with Crippen molar-refractivity contribution in [2.24, 2.45) is 5.41 Å². The van der Waals surface area contributed by atoms with Gasteiger partial charge in [-0.2, -0.15) is 0 Å². The summed E-state index contributed by atoms with van der Waals surface area (Å²) >= 11 is 9.15. The molecule has 0 radical (unpaired) electrons. The Hall–Kier alpha value is -0.610. The molecule has 2 aromatic rings. The average Bonchev–Trinajstić information content (AvgIpc) is 3.13. The molecule has 0 bridgehead atoms. The van der Waals surface area contributed by atoms with E-state index in [2.05, 4.69) is 32.4 Å². The predicted molar refractivity (Wildman–Crippen MR) is 88.4 cm³/mol. The molecule has 0 N–H and O–H groups in total. The van der Waals surface area contributed by atoms with Crippen molar-refractivity contribution in [2.75, 3.05) is 5.88 Å². The highest BCUT2D eigenvalue weighted by atomic mass is 79.9. The molecule has 5 heteroatoms. The fourth-order valence-electron chi connectivity index (χ4n) is 3.15. The van der Waals surface area contributed by atoms with Gasteiger partial charge < -0.3 is 4.57 Å². The lowest BCUT2D eigenvalue weighted by molar-refractivity contribution is 0.387. The molecule has 0 spiro atoms. The number of nitrogens with zero attached hydrogens (tertiary/aromatic N) is 2. The summed E-state index contributed by atoms with van der Waals surface area (Å²) in [5.41, 5.74) is 2.13. The monoisotopic (exact) mass is 372 g/mol. The van der Waals surface area contributed by atoms with E-state index >= 15 is 0 Å². The van der Waals surface area contributed by atoms with E-state index in [9.17, 15) is 4.39 Å². The summed E-state index contributed by atoms with van der Waals surface area (Å²) in [6.45, 7) is 3.16. The van der Waals surface area contributed by atoms with Gasteiger partial charge in [-0.3, -0.25) is 0 Å². The van der Waals surface area contributed by atoms with Gasteiger partial charge in [0, 0.05) is 24.9 Å². The van der Waals surface area contributed by atoms with E-state index < -0.39 is 0 Å². The number of benzene rings is 1. The fourth-order valence-corrected chi connectivity index (χ4v) is 3.65. The SMILES string of the molecule is CCCC1(Cn2c(CCCl)nc3cc(Br)c(F)cc32)CC1. The van der Waals surface area contributed by atoms with Crippen molar-refractivity contribution in [2.45, 2.75) is 45.6 Å². The van der Waals surface area contributed by atoms with E-state index in [-0.39, 0.29) is 5.82 Å². The number of fused-ring (bicyclic) bond motifs is 1. The Balaban J connectivity index is 2.05. The first-order valence-electron chi connectivity index (χ1n) is 7.49. The summed E-state index contributed by atoms with van der Waals surface area (Å²) in [6, 6.07) is 3.35. The van der Waals surface area contributed by atoms with Crippen LogP contribution in [-0.4, -0.2) is 15.4 Å². The Bertz CT molecular complexity index is 664. The van der Waals surface area contributed by atoms with Crippen LogP contribution < -0.4 is 0 Å². The number of rotatable bonds is 6. The second kappa shape index (κ2) is 5.88. The zero-order valence-corrected chi connectivity index (χ0v) is 14.5. The van der Waals surface area contributed by atoms with Gasteiger partial charge in [0.2, 0.25) is 0 Å². The van der Waals surface area contributed by atoms with Gasteiger partial charge in [-0.05, 0) is 46.7 Å². The van der Waals surface area contributed by atoms with E-state index in [1.165, 1.54) is 25.7 Å². The fraction of sp³-hybridized carbons (Fsp3) is 0.562. The summed E-state index contributed by atoms with van der Waals surface area (Å²) in [5, 5.41) is 0. The smallest absolute Gasteiger partial charge is 0.139 e. The quantitative estimate of drug-likeness (QED) is 0.628. The zero-order chi connectivity index (χ0) is 15.0. The molecular weight excluding hydrogens is 355 g/mol. The standard InChI is InChI=1S/C16H19BrClFN2/c1-2-4-16(5-6-16)10-21-14-9-12(19)11(17)8-13(14)20-15(21)3-7-18/h8-9H,2-7,10H2,1H3. The van der Waals surface area contributed by atoms with Crippen LogP contribution in [0.4, 0.5) is 4.39 Å². The van der Waals surface area contributed by atoms with Crippen molar-refractivity contribution >= 4 is 38.6 Å². The molecule has 2 nitrogen and oxygen atoms in total. The minimum Gasteiger partial charge on any atom is -0.327 e. The Morgan fingerprint density at radius 3 is 2.81 bits per heavy atom. The summed E-state index contributed by atoms with van der Waals surface area (Å²) in [6.07, 6.45) is 5.67. The highest BCUT2D eigenvalue weighted by Crippen LogP contribution is 2.51. The van der Waals surface area contributed by atoms with Crippen molar-refractivity contribution in [1.29, 1.82) is 0 Å². The minimum absolute atomic E-state index is 0.235. The molecule has 1 fully saturated rings. The molecule has 0 unspecified atom stereocenters. The molecule has 0 amide bonds. The van der Waals surface area contributed by atoms with Crippen molar-refractivity contribution in [1.82, 2.24) is 9.55 Å². The Kier molecular flexibility index (Phi) is 4.28. The molecule has 1 aromatic carbocycles. The van der Waals surface area contributed by atoms with Crippen LogP contribution in [0, 0.1) is 11.2 Å². The molecule has 3 rings (SSSR count). The summed E-state index contributed by atoms with van der Waals surface area (Å²) in [5.74, 6) is 1.27. The van der Waals surface area contributed by atoms with E-state index in [0.29, 0.717) is 15.8 Å². The van der Waals surface area contributed by atoms with Gasteiger partial charge in [-0.1, -0.05) is 13.3 Å². The number of alkyl halides is 1. The van der Waals surface area contributed by atoms with E-state index in [1.54, 1.807) is 12.1 Å². The van der Waals surface area contributed by atoms with E-state index in [4.69, 9.17) is 11.6 Å². The highest BCUT2D eigenvalue weighted by molar-refractivity contribution is 9.10. The first-order chi connectivity index (χ1) is 10.1. The topological polar surface area (TPSA) is 17.8 Å². The third kappa shape index (κ3) is 2.98. The normalized spacial score (nSPS) is 16.6. The van der Waals surface area contributed by atoms with Crippen LogP contribution in [0.3, 0.4) is 0 Å². The molecule has 1 saturated carbocycles. The summed E-state index contributed by atoms with van der Waals surface area (Å²) < 4.78 is 16.6. The van der Waals surface area contributed by atoms with Crippen LogP contribution in [0.1, 0.15) is 38.4 Å². The lowest BCUT2D eigenvalue weighted by Gasteiger charge is -2.17. The van der Waals surface area contributed by atoms with Gasteiger partial charge in [0.1, 0.15) is 11.6 Å². The molecule has 114 valence electrons. The number of aryl methyl sites for hydroxylation is 1. The van der Waals surface area contributed by atoms with Gasteiger partial charge in [-0.15, -0.1) is 11.6 Å². The maximum atomic E-state index is 13.9. The molecule has 1 aliphatic carbocycles. The van der Waals surface area contributed by atoms with Crippen molar-refractivity contribution in [3.63, 3.8) is 0 Å². The van der Waals surface area contributed by atoms with Crippen LogP contribution in [0.5, 0.6) is 0 Å². The first kappa shape index (κ1) is 15.3. The number of halogens is 3. The first-order valence-corrected chi connectivity index (χ1v) is 8.81. The van der Waals surface area contributed by atoms with Crippen LogP contribution in [0.15, 0.2) is 16.6 Å². The lowest BCUT2D eigenvalue weighted by Crippen LogP contribution is -2.14. The summed E-state index contributed by atoms with van der Waals surface area (Å²) in [4.78, 5) is 4.66. The van der Waals surface area contributed by atoms with Gasteiger partial charge in [0.15, 0.2) is 0 Å².